The van der Waals surface area contributed by atoms with E-state index in [1.165, 1.54) is 6.07 Å². The number of benzene rings is 1. The van der Waals surface area contributed by atoms with Crippen molar-refractivity contribution in [1.82, 2.24) is 5.32 Å². The van der Waals surface area contributed by atoms with Crippen molar-refractivity contribution in [3.8, 4) is 0 Å². The second kappa shape index (κ2) is 6.72. The lowest BCUT2D eigenvalue weighted by molar-refractivity contribution is 0.0677. The fraction of sp³-hybridized carbons (Fsp3) is 0.571. The van der Waals surface area contributed by atoms with Gasteiger partial charge in [0.2, 0.25) is 0 Å². The van der Waals surface area contributed by atoms with Crippen LogP contribution in [0, 0.1) is 12.7 Å². The van der Waals surface area contributed by atoms with Crippen LogP contribution < -0.4 is 5.32 Å². The van der Waals surface area contributed by atoms with Crippen LogP contribution in [0.3, 0.4) is 0 Å². The van der Waals surface area contributed by atoms with Gasteiger partial charge in [-0.15, -0.1) is 0 Å². The molecule has 17 heavy (non-hydrogen) atoms. The third kappa shape index (κ3) is 3.79. The molecule has 0 aromatic heterocycles. The number of hydrogen-bond donors (Lipinski definition) is 1. The molecule has 0 aliphatic heterocycles. The van der Waals surface area contributed by atoms with Gasteiger partial charge in [0.15, 0.2) is 0 Å². The number of rotatable bonds is 6. The Hall–Kier alpha value is -0.930. The molecule has 96 valence electrons. The van der Waals surface area contributed by atoms with E-state index in [2.05, 4.69) is 12.2 Å². The molecule has 0 saturated carbocycles. The van der Waals surface area contributed by atoms with Crippen LogP contribution in [0.15, 0.2) is 18.2 Å². The van der Waals surface area contributed by atoms with Crippen molar-refractivity contribution in [3.05, 3.63) is 35.1 Å². The van der Waals surface area contributed by atoms with Crippen LogP contribution in [0.5, 0.6) is 0 Å². The smallest absolute Gasteiger partial charge is 0.123 e. The summed E-state index contributed by atoms with van der Waals surface area (Å²) in [4.78, 5) is 0. The average molecular weight is 239 g/mol. The molecule has 0 heterocycles. The molecular weight excluding hydrogens is 217 g/mol. The van der Waals surface area contributed by atoms with Crippen molar-refractivity contribution in [2.24, 2.45) is 0 Å². The second-order valence-corrected chi connectivity index (χ2v) is 4.35. The van der Waals surface area contributed by atoms with E-state index in [0.717, 1.165) is 24.0 Å². The van der Waals surface area contributed by atoms with Crippen LogP contribution in [0.4, 0.5) is 4.39 Å². The largest absolute Gasteiger partial charge is 0.380 e. The molecule has 0 spiro atoms. The predicted molar refractivity (Wildman–Crippen MR) is 68.8 cm³/mol. The van der Waals surface area contributed by atoms with Gasteiger partial charge in [0.25, 0.3) is 0 Å². The van der Waals surface area contributed by atoms with Gasteiger partial charge in [0.05, 0.1) is 6.10 Å². The van der Waals surface area contributed by atoms with E-state index in [1.54, 1.807) is 13.2 Å². The summed E-state index contributed by atoms with van der Waals surface area (Å²) in [5.41, 5.74) is 2.16. The molecule has 0 aliphatic rings. The van der Waals surface area contributed by atoms with Crippen molar-refractivity contribution in [2.75, 3.05) is 14.2 Å². The van der Waals surface area contributed by atoms with Gasteiger partial charge in [-0.25, -0.2) is 4.39 Å². The fourth-order valence-corrected chi connectivity index (χ4v) is 2.13. The van der Waals surface area contributed by atoms with Crippen LogP contribution in [0.1, 0.15) is 24.5 Å². The first kappa shape index (κ1) is 14.1. The van der Waals surface area contributed by atoms with Crippen LogP contribution in [-0.2, 0) is 11.2 Å². The van der Waals surface area contributed by atoms with Gasteiger partial charge in [-0.1, -0.05) is 13.0 Å². The summed E-state index contributed by atoms with van der Waals surface area (Å²) in [5, 5.41) is 3.25. The molecule has 0 radical (unpaired) electrons. The Bertz CT molecular complexity index is 350. The lowest BCUT2D eigenvalue weighted by Gasteiger charge is -2.25. The Morgan fingerprint density at radius 3 is 2.65 bits per heavy atom. The zero-order valence-corrected chi connectivity index (χ0v) is 11.1. The lowest BCUT2D eigenvalue weighted by Crippen LogP contribution is -2.40. The molecule has 2 unspecified atom stereocenters. The molecule has 0 saturated heterocycles. The predicted octanol–water partition coefficient (Wildman–Crippen LogP) is 2.69. The zero-order chi connectivity index (χ0) is 12.8. The number of nitrogens with one attached hydrogen (secondary N) is 1. The second-order valence-electron chi connectivity index (χ2n) is 4.35. The third-order valence-corrected chi connectivity index (χ3v) is 3.28. The Morgan fingerprint density at radius 1 is 1.41 bits per heavy atom. The van der Waals surface area contributed by atoms with Gasteiger partial charge in [-0.2, -0.15) is 0 Å². The first-order chi connectivity index (χ1) is 8.12. The lowest BCUT2D eigenvalue weighted by atomic mass is 9.96. The molecule has 1 aromatic carbocycles. The molecule has 1 N–H and O–H groups in total. The molecular formula is C14H22FNO. The number of halogens is 1. The Morgan fingerprint density at radius 2 is 2.12 bits per heavy atom. The minimum Gasteiger partial charge on any atom is -0.380 e. The number of likely N-dealkylation sites (N-methyl/N-ethyl adjacent to an activating group) is 1. The Balaban J connectivity index is 2.83. The van der Waals surface area contributed by atoms with E-state index in [9.17, 15) is 4.39 Å². The summed E-state index contributed by atoms with van der Waals surface area (Å²) in [6, 6.07) is 5.15. The Kier molecular flexibility index (Phi) is 5.59. The van der Waals surface area contributed by atoms with Crippen molar-refractivity contribution in [3.63, 3.8) is 0 Å². The highest BCUT2D eigenvalue weighted by Crippen LogP contribution is 2.15. The summed E-state index contributed by atoms with van der Waals surface area (Å²) in [6.07, 6.45) is 1.88. The van der Waals surface area contributed by atoms with E-state index in [4.69, 9.17) is 4.74 Å². The minimum absolute atomic E-state index is 0.155. The van der Waals surface area contributed by atoms with Crippen LogP contribution in [-0.4, -0.2) is 26.3 Å². The summed E-state index contributed by atoms with van der Waals surface area (Å²) in [7, 11) is 3.64. The number of methoxy groups -OCH3 is 1. The summed E-state index contributed by atoms with van der Waals surface area (Å²) in [5.74, 6) is -0.175. The van der Waals surface area contributed by atoms with Gasteiger partial charge in [-0.3, -0.25) is 0 Å². The summed E-state index contributed by atoms with van der Waals surface area (Å²) in [6.45, 7) is 4.10. The molecule has 0 amide bonds. The van der Waals surface area contributed by atoms with Crippen molar-refractivity contribution in [1.29, 1.82) is 0 Å². The highest BCUT2D eigenvalue weighted by atomic mass is 19.1. The van der Waals surface area contributed by atoms with Crippen molar-refractivity contribution in [2.45, 2.75) is 38.8 Å². The van der Waals surface area contributed by atoms with Gasteiger partial charge in [0.1, 0.15) is 5.82 Å². The van der Waals surface area contributed by atoms with Gasteiger partial charge < -0.3 is 10.1 Å². The molecule has 2 nitrogen and oxygen atoms in total. The molecule has 1 aromatic rings. The van der Waals surface area contributed by atoms with E-state index < -0.39 is 0 Å². The minimum atomic E-state index is -0.175. The average Bonchev–Trinajstić information content (AvgIpc) is 2.33. The molecule has 0 aliphatic carbocycles. The van der Waals surface area contributed by atoms with Crippen LogP contribution >= 0.6 is 0 Å². The monoisotopic (exact) mass is 239 g/mol. The molecule has 1 rings (SSSR count). The first-order valence-electron chi connectivity index (χ1n) is 6.07. The maximum absolute atomic E-state index is 13.2. The summed E-state index contributed by atoms with van der Waals surface area (Å²) < 4.78 is 18.7. The zero-order valence-electron chi connectivity index (χ0n) is 11.1. The fourth-order valence-electron chi connectivity index (χ4n) is 2.13. The van der Waals surface area contributed by atoms with Crippen molar-refractivity contribution >= 4 is 0 Å². The van der Waals surface area contributed by atoms with E-state index in [1.807, 2.05) is 20.0 Å². The standard InChI is InChI=1S/C14H22FNO/c1-5-14(17-4)13(16-3)9-11-8-12(15)7-6-10(11)2/h6-8,13-14,16H,5,9H2,1-4H3. The molecule has 0 fully saturated rings. The molecule has 0 bridgehead atoms. The number of ether oxygens (including phenoxy) is 1. The molecule has 2 atom stereocenters. The SMILES string of the molecule is CCC(OC)C(Cc1cc(F)ccc1C)NC. The maximum atomic E-state index is 13.2. The topological polar surface area (TPSA) is 21.3 Å². The third-order valence-electron chi connectivity index (χ3n) is 3.28. The highest BCUT2D eigenvalue weighted by Gasteiger charge is 2.19. The first-order valence-corrected chi connectivity index (χ1v) is 6.07. The normalized spacial score (nSPS) is 14.6. The van der Waals surface area contributed by atoms with Crippen LogP contribution in [0.2, 0.25) is 0 Å². The van der Waals surface area contributed by atoms with Gasteiger partial charge in [0, 0.05) is 13.2 Å². The van der Waals surface area contributed by atoms with Crippen LogP contribution in [0.25, 0.3) is 0 Å². The quantitative estimate of drug-likeness (QED) is 0.824. The van der Waals surface area contributed by atoms with E-state index in [-0.39, 0.29) is 18.0 Å². The van der Waals surface area contributed by atoms with Gasteiger partial charge >= 0.3 is 0 Å². The van der Waals surface area contributed by atoms with E-state index in [0.29, 0.717) is 0 Å². The highest BCUT2D eigenvalue weighted by molar-refractivity contribution is 5.27. The molecule has 3 heteroatoms. The van der Waals surface area contributed by atoms with E-state index >= 15 is 0 Å². The number of hydrogen-bond acceptors (Lipinski definition) is 2. The Labute approximate surface area is 103 Å². The number of aryl methyl sites for hydroxylation is 1. The summed E-state index contributed by atoms with van der Waals surface area (Å²) >= 11 is 0. The maximum Gasteiger partial charge on any atom is 0.123 e. The van der Waals surface area contributed by atoms with Gasteiger partial charge in [-0.05, 0) is 50.1 Å². The van der Waals surface area contributed by atoms with Crippen molar-refractivity contribution < 1.29 is 9.13 Å².